The van der Waals surface area contributed by atoms with Crippen molar-refractivity contribution >= 4 is 23.9 Å². The monoisotopic (exact) mass is 608 g/mol. The first-order valence-corrected chi connectivity index (χ1v) is 15.6. The van der Waals surface area contributed by atoms with Crippen LogP contribution in [0.4, 0.5) is 0 Å². The topological polar surface area (TPSA) is 180 Å². The predicted molar refractivity (Wildman–Crippen MR) is 164 cm³/mol. The van der Waals surface area contributed by atoms with E-state index in [1.807, 2.05) is 33.8 Å². The number of carbonyl (C=O) groups excluding carboxylic acids is 1. The molecule has 2 fully saturated rings. The van der Waals surface area contributed by atoms with Crippen LogP contribution in [0.15, 0.2) is 17.2 Å². The molecular weight excluding hydrogens is 564 g/mol. The zero-order valence-electron chi connectivity index (χ0n) is 26.1. The Kier molecular flexibility index (Phi) is 8.71. The van der Waals surface area contributed by atoms with Crippen molar-refractivity contribution in [3.05, 3.63) is 62.2 Å². The molecule has 4 atom stereocenters. The lowest BCUT2D eigenvalue weighted by molar-refractivity contribution is -0.138. The molecule has 44 heavy (non-hydrogen) atoms. The van der Waals surface area contributed by atoms with Crippen molar-refractivity contribution in [1.29, 1.82) is 0 Å². The Labute approximate surface area is 257 Å². The molecule has 3 aliphatic heterocycles. The molecule has 2 saturated heterocycles. The fraction of sp³-hybridized carbons (Fsp3) is 0.545. The summed E-state index contributed by atoms with van der Waals surface area (Å²) in [5, 5.41) is 35.7. The molecule has 2 aromatic heterocycles. The number of aromatic nitrogens is 2. The second-order valence-corrected chi connectivity index (χ2v) is 12.4. The number of H-pyrrole nitrogens is 2. The highest BCUT2D eigenvalue weighted by Gasteiger charge is 2.59. The van der Waals surface area contributed by atoms with E-state index in [1.54, 1.807) is 0 Å². The van der Waals surface area contributed by atoms with Crippen molar-refractivity contribution in [1.82, 2.24) is 20.6 Å². The number of hydrogen-bond donors (Lipinski definition) is 7. The van der Waals surface area contributed by atoms with E-state index in [-0.39, 0.29) is 42.5 Å². The second-order valence-electron chi connectivity index (χ2n) is 12.4. The van der Waals surface area contributed by atoms with Gasteiger partial charge in [0.05, 0.1) is 12.6 Å². The fourth-order valence-corrected chi connectivity index (χ4v) is 7.24. The highest BCUT2D eigenvalue weighted by Crippen LogP contribution is 2.46. The third-order valence-electron chi connectivity index (χ3n) is 9.92. The number of nitrogens with one attached hydrogen (secondary N) is 4. The van der Waals surface area contributed by atoms with Crippen LogP contribution >= 0.6 is 0 Å². The summed E-state index contributed by atoms with van der Waals surface area (Å²) in [5.74, 6) is -1.63. The lowest BCUT2D eigenvalue weighted by atomic mass is 9.90. The van der Waals surface area contributed by atoms with Crippen LogP contribution in [0.2, 0.25) is 0 Å². The minimum atomic E-state index is -0.886. The van der Waals surface area contributed by atoms with Crippen molar-refractivity contribution < 1.29 is 34.4 Å². The summed E-state index contributed by atoms with van der Waals surface area (Å²) < 4.78 is 5.87. The van der Waals surface area contributed by atoms with Crippen molar-refractivity contribution in [2.45, 2.75) is 97.6 Å². The van der Waals surface area contributed by atoms with Crippen LogP contribution < -0.4 is 10.6 Å². The van der Waals surface area contributed by atoms with Crippen molar-refractivity contribution in [3.63, 3.8) is 0 Å². The van der Waals surface area contributed by atoms with Gasteiger partial charge in [0.1, 0.15) is 5.60 Å². The summed E-state index contributed by atoms with van der Waals surface area (Å²) in [5.41, 5.74) is 8.49. The predicted octanol–water partition coefficient (Wildman–Crippen LogP) is 4.18. The number of aliphatic hydroxyl groups excluding tert-OH is 1. The Bertz CT molecular complexity index is 1540. The average molecular weight is 609 g/mol. The first-order chi connectivity index (χ1) is 20.9. The quantitative estimate of drug-likeness (QED) is 0.165. The maximum Gasteiger partial charge on any atom is 0.303 e. The number of rotatable bonds is 13. The van der Waals surface area contributed by atoms with Gasteiger partial charge in [-0.05, 0) is 67.9 Å². The number of carboxylic acid groups (broad SMARTS) is 2. The number of amides is 1. The van der Waals surface area contributed by atoms with Gasteiger partial charge in [-0.25, -0.2) is 0 Å². The van der Waals surface area contributed by atoms with E-state index in [9.17, 15) is 29.7 Å². The molecule has 0 bridgehead atoms. The maximum atomic E-state index is 12.4. The van der Waals surface area contributed by atoms with Gasteiger partial charge in [0, 0.05) is 71.6 Å². The van der Waals surface area contributed by atoms with Crippen LogP contribution in [0.3, 0.4) is 0 Å². The van der Waals surface area contributed by atoms with E-state index in [0.29, 0.717) is 38.7 Å². The number of carbonyl (C=O) groups is 3. The molecule has 0 unspecified atom stereocenters. The number of epoxide rings is 1. The fourth-order valence-electron chi connectivity index (χ4n) is 7.24. The molecule has 238 valence electrons. The third-order valence-corrected chi connectivity index (χ3v) is 9.92. The number of ether oxygens (including phenoxy) is 1. The Morgan fingerprint density at radius 3 is 2.18 bits per heavy atom. The van der Waals surface area contributed by atoms with E-state index in [4.69, 9.17) is 4.74 Å². The van der Waals surface area contributed by atoms with E-state index >= 15 is 0 Å². The average Bonchev–Trinajstić information content (AvgIpc) is 3.44. The lowest BCUT2D eigenvalue weighted by Crippen LogP contribution is -2.38. The minimum absolute atomic E-state index is 0.000743. The van der Waals surface area contributed by atoms with Gasteiger partial charge in [0.15, 0.2) is 5.88 Å². The molecule has 0 aromatic carbocycles. The SMILES string of the molecule is CCC1=C(O)N[C@H](Cc2[nH]c(Cc3[nH]c(/C=C4\NC(=O)[C@H](C)[C@H]4CC)c(C)c3CCC(=O)O)c(CCC(=O)O)c2C)[C@]12CO2. The molecule has 5 heterocycles. The van der Waals surface area contributed by atoms with E-state index < -0.39 is 17.5 Å². The molecule has 2 aromatic rings. The molecule has 1 amide bonds. The van der Waals surface area contributed by atoms with Gasteiger partial charge in [-0.1, -0.05) is 20.8 Å². The van der Waals surface area contributed by atoms with E-state index in [2.05, 4.69) is 27.5 Å². The molecule has 5 rings (SSSR count). The Morgan fingerprint density at radius 1 is 1.00 bits per heavy atom. The molecule has 11 heteroatoms. The molecule has 0 saturated carbocycles. The number of allylic oxidation sites excluding steroid dienone is 1. The summed E-state index contributed by atoms with van der Waals surface area (Å²) in [4.78, 5) is 42.7. The minimum Gasteiger partial charge on any atom is -0.495 e. The van der Waals surface area contributed by atoms with Crippen LogP contribution in [-0.2, 0) is 44.8 Å². The van der Waals surface area contributed by atoms with Gasteiger partial charge < -0.3 is 40.7 Å². The van der Waals surface area contributed by atoms with Crippen LogP contribution in [0.1, 0.15) is 91.5 Å². The van der Waals surface area contributed by atoms with Gasteiger partial charge in [-0.15, -0.1) is 0 Å². The molecule has 0 aliphatic carbocycles. The molecule has 3 aliphatic rings. The van der Waals surface area contributed by atoms with E-state index in [1.165, 1.54) is 0 Å². The second kappa shape index (κ2) is 12.2. The highest BCUT2D eigenvalue weighted by atomic mass is 16.6. The number of aromatic amines is 2. The van der Waals surface area contributed by atoms with Crippen LogP contribution in [0, 0.1) is 25.7 Å². The number of hydrogen-bond acceptors (Lipinski definition) is 6. The normalized spacial score (nSPS) is 25.2. The van der Waals surface area contributed by atoms with Gasteiger partial charge >= 0.3 is 11.9 Å². The molecular formula is C33H44N4O7. The summed E-state index contributed by atoms with van der Waals surface area (Å²) in [6.07, 6.45) is 5.09. The van der Waals surface area contributed by atoms with Crippen molar-refractivity contribution in [3.8, 4) is 0 Å². The molecule has 11 nitrogen and oxygen atoms in total. The Morgan fingerprint density at radius 2 is 1.61 bits per heavy atom. The van der Waals surface area contributed by atoms with Crippen molar-refractivity contribution in [2.75, 3.05) is 6.61 Å². The van der Waals surface area contributed by atoms with Gasteiger partial charge in [0.2, 0.25) is 5.91 Å². The first-order valence-electron chi connectivity index (χ1n) is 15.6. The highest BCUT2D eigenvalue weighted by molar-refractivity contribution is 5.86. The Hall–Kier alpha value is -3.99. The summed E-state index contributed by atoms with van der Waals surface area (Å²) in [6, 6.07) is -0.150. The summed E-state index contributed by atoms with van der Waals surface area (Å²) in [6.45, 7) is 10.5. The van der Waals surface area contributed by atoms with E-state index in [0.717, 1.165) is 62.7 Å². The third kappa shape index (κ3) is 5.77. The molecule has 1 spiro atoms. The van der Waals surface area contributed by atoms with Gasteiger partial charge in [0.25, 0.3) is 0 Å². The van der Waals surface area contributed by atoms with Crippen molar-refractivity contribution in [2.24, 2.45) is 11.8 Å². The van der Waals surface area contributed by atoms with Crippen LogP contribution in [0.25, 0.3) is 6.08 Å². The zero-order valence-corrected chi connectivity index (χ0v) is 26.1. The Balaban J connectivity index is 1.50. The number of aliphatic hydroxyl groups is 1. The number of carboxylic acids is 2. The van der Waals surface area contributed by atoms with Gasteiger partial charge in [-0.2, -0.15) is 0 Å². The van der Waals surface area contributed by atoms with Crippen LogP contribution in [0.5, 0.6) is 0 Å². The first kappa shape index (κ1) is 31.4. The molecule has 7 N–H and O–H groups in total. The summed E-state index contributed by atoms with van der Waals surface area (Å²) >= 11 is 0. The lowest BCUT2D eigenvalue weighted by Gasteiger charge is -2.18. The van der Waals surface area contributed by atoms with Crippen LogP contribution in [-0.4, -0.2) is 61.4 Å². The molecule has 0 radical (unpaired) electrons. The number of aliphatic carboxylic acids is 2. The largest absolute Gasteiger partial charge is 0.495 e. The standard InChI is InChI=1S/C33H44N4O7/c1-6-19-18(5)31(42)36-25(19)12-23-16(3)20(8-10-29(38)39)26(34-23)13-27-21(9-11-30(40)41)17(4)24(35-27)14-28-33(15-44-33)22(7-2)32(43)37-28/h12,18-19,28,34-35,37,43H,6-11,13-15H2,1-5H3,(H,36,42)(H,38,39)(H,40,41)/b25-12-/t18-,19-,28-,33+/m1/s1. The summed E-state index contributed by atoms with van der Waals surface area (Å²) in [7, 11) is 0. The zero-order chi connectivity index (χ0) is 31.9. The smallest absolute Gasteiger partial charge is 0.303 e. The van der Waals surface area contributed by atoms with Gasteiger partial charge in [-0.3, -0.25) is 14.4 Å². The maximum absolute atomic E-state index is 12.4.